The van der Waals surface area contributed by atoms with Crippen molar-refractivity contribution in [2.24, 2.45) is 11.3 Å². The van der Waals surface area contributed by atoms with E-state index in [0.717, 1.165) is 0 Å². The van der Waals surface area contributed by atoms with Gasteiger partial charge in [0.25, 0.3) is 0 Å². The summed E-state index contributed by atoms with van der Waals surface area (Å²) in [5.41, 5.74) is -0.778. The third kappa shape index (κ3) is 2.62. The molecule has 0 radical (unpaired) electrons. The average molecular weight is 362 g/mol. The van der Waals surface area contributed by atoms with Gasteiger partial charge in [-0.1, -0.05) is 54.6 Å². The number of nitrogens with zero attached hydrogens (tertiary/aromatic N) is 2. The van der Waals surface area contributed by atoms with E-state index in [9.17, 15) is 18.9 Å². The Labute approximate surface area is 153 Å². The van der Waals surface area contributed by atoms with Crippen LogP contribution in [0.3, 0.4) is 0 Å². The number of benzene rings is 2. The van der Waals surface area contributed by atoms with Gasteiger partial charge in [-0.25, -0.2) is 8.42 Å². The normalized spacial score (nSPS) is 24.3. The molecule has 0 heterocycles. The largest absolute Gasteiger partial charge is 0.223 e. The molecule has 1 aliphatic rings. The Hall–Kier alpha value is -2.89. The highest BCUT2D eigenvalue weighted by Crippen LogP contribution is 2.56. The summed E-state index contributed by atoms with van der Waals surface area (Å²) in [6.45, 7) is 3.75. The minimum Gasteiger partial charge on any atom is -0.223 e. The van der Waals surface area contributed by atoms with Gasteiger partial charge in [-0.2, -0.15) is 10.5 Å². The fourth-order valence-corrected chi connectivity index (χ4v) is 6.01. The molecule has 1 aliphatic carbocycles. The van der Waals surface area contributed by atoms with Gasteiger partial charge in [0.15, 0.2) is 15.3 Å². The van der Waals surface area contributed by atoms with Crippen LogP contribution in [0.15, 0.2) is 78.2 Å². The molecule has 3 rings (SSSR count). The standard InChI is InChI=1S/C21H18N2O2S/c1-2-17-13-19(26(24,25)18-11-7-4-8-12-18)20(21(17,14-22)15-23)16-9-5-3-6-10-16/h2-12,17,19-20H,1,13H2/t17-,19+,20-/m0/s1. The molecule has 0 saturated heterocycles. The van der Waals surface area contributed by atoms with Crippen molar-refractivity contribution in [3.8, 4) is 12.1 Å². The van der Waals surface area contributed by atoms with E-state index in [0.29, 0.717) is 5.56 Å². The lowest BCUT2D eigenvalue weighted by Gasteiger charge is -2.28. The summed E-state index contributed by atoms with van der Waals surface area (Å²) < 4.78 is 26.7. The molecule has 0 bridgehead atoms. The Morgan fingerprint density at radius 1 is 1.00 bits per heavy atom. The van der Waals surface area contributed by atoms with Crippen LogP contribution in [0.25, 0.3) is 0 Å². The second kappa shape index (κ2) is 6.78. The van der Waals surface area contributed by atoms with Crippen LogP contribution in [-0.4, -0.2) is 13.7 Å². The summed E-state index contributed by atoms with van der Waals surface area (Å²) in [7, 11) is -3.72. The molecule has 0 amide bonds. The van der Waals surface area contributed by atoms with Crippen molar-refractivity contribution in [3.63, 3.8) is 0 Å². The molecular weight excluding hydrogens is 344 g/mol. The molecule has 1 saturated carbocycles. The van der Waals surface area contributed by atoms with E-state index in [1.165, 1.54) is 0 Å². The topological polar surface area (TPSA) is 81.7 Å². The number of rotatable bonds is 4. The van der Waals surface area contributed by atoms with Crippen LogP contribution < -0.4 is 0 Å². The maximum Gasteiger partial charge on any atom is 0.181 e. The lowest BCUT2D eigenvalue weighted by molar-refractivity contribution is 0.404. The van der Waals surface area contributed by atoms with Crippen molar-refractivity contribution in [3.05, 3.63) is 78.9 Å². The first kappa shape index (κ1) is 17.9. The molecule has 2 aromatic rings. The van der Waals surface area contributed by atoms with Crippen molar-refractivity contribution in [2.45, 2.75) is 22.5 Å². The Morgan fingerprint density at radius 3 is 2.04 bits per heavy atom. The fourth-order valence-electron chi connectivity index (χ4n) is 3.94. The SMILES string of the molecule is C=C[C@H]1C[C@@H](S(=O)(=O)c2ccccc2)[C@H](c2ccccc2)C1(C#N)C#N. The maximum atomic E-state index is 13.3. The highest BCUT2D eigenvalue weighted by atomic mass is 32.2. The summed E-state index contributed by atoms with van der Waals surface area (Å²) in [5, 5.41) is 18.9. The molecule has 130 valence electrons. The molecule has 3 atom stereocenters. The quantitative estimate of drug-likeness (QED) is 0.774. The smallest absolute Gasteiger partial charge is 0.181 e. The Kier molecular flexibility index (Phi) is 4.68. The van der Waals surface area contributed by atoms with Gasteiger partial charge in [0, 0.05) is 11.8 Å². The zero-order chi connectivity index (χ0) is 18.8. The number of allylic oxidation sites excluding steroid dienone is 1. The van der Waals surface area contributed by atoms with Crippen molar-refractivity contribution >= 4 is 9.84 Å². The molecule has 2 aromatic carbocycles. The molecule has 1 fully saturated rings. The van der Waals surface area contributed by atoms with Crippen LogP contribution in [0.5, 0.6) is 0 Å². The van der Waals surface area contributed by atoms with Crippen LogP contribution in [-0.2, 0) is 9.84 Å². The Bertz CT molecular complexity index is 972. The molecule has 0 aliphatic heterocycles. The van der Waals surface area contributed by atoms with Crippen molar-refractivity contribution in [1.82, 2.24) is 0 Å². The van der Waals surface area contributed by atoms with Crippen LogP contribution in [0.2, 0.25) is 0 Å². The predicted molar refractivity (Wildman–Crippen MR) is 98.6 cm³/mol. The molecule has 26 heavy (non-hydrogen) atoms. The van der Waals surface area contributed by atoms with Crippen molar-refractivity contribution in [1.29, 1.82) is 10.5 Å². The average Bonchev–Trinajstić information content (AvgIpc) is 3.04. The molecule has 0 unspecified atom stereocenters. The number of nitriles is 2. The second-order valence-corrected chi connectivity index (χ2v) is 8.62. The van der Waals surface area contributed by atoms with Crippen molar-refractivity contribution in [2.75, 3.05) is 0 Å². The fraction of sp³-hybridized carbons (Fsp3) is 0.238. The highest BCUT2D eigenvalue weighted by Gasteiger charge is 2.59. The lowest BCUT2D eigenvalue weighted by Crippen LogP contribution is -2.32. The first-order valence-corrected chi connectivity index (χ1v) is 9.85. The van der Waals surface area contributed by atoms with E-state index in [4.69, 9.17) is 0 Å². The van der Waals surface area contributed by atoms with Crippen LogP contribution in [0.4, 0.5) is 0 Å². The summed E-state index contributed by atoms with van der Waals surface area (Å²) in [6.07, 6.45) is 1.74. The minimum absolute atomic E-state index is 0.196. The third-order valence-corrected chi connectivity index (χ3v) is 7.41. The van der Waals surface area contributed by atoms with Crippen LogP contribution in [0, 0.1) is 34.0 Å². The summed E-state index contributed by atoms with van der Waals surface area (Å²) >= 11 is 0. The highest BCUT2D eigenvalue weighted by molar-refractivity contribution is 7.92. The summed E-state index contributed by atoms with van der Waals surface area (Å²) in [5.74, 6) is -1.27. The van der Waals surface area contributed by atoms with Gasteiger partial charge in [0.2, 0.25) is 0 Å². The van der Waals surface area contributed by atoms with E-state index in [-0.39, 0.29) is 11.3 Å². The van der Waals surface area contributed by atoms with Gasteiger partial charge in [-0.3, -0.25) is 0 Å². The van der Waals surface area contributed by atoms with E-state index < -0.39 is 32.3 Å². The zero-order valence-electron chi connectivity index (χ0n) is 14.1. The first-order chi connectivity index (χ1) is 12.5. The maximum absolute atomic E-state index is 13.3. The van der Waals surface area contributed by atoms with Crippen LogP contribution >= 0.6 is 0 Å². The van der Waals surface area contributed by atoms with Gasteiger partial charge in [-0.05, 0) is 24.1 Å². The number of hydrogen-bond acceptors (Lipinski definition) is 4. The van der Waals surface area contributed by atoms with Crippen molar-refractivity contribution < 1.29 is 8.42 Å². The monoisotopic (exact) mass is 362 g/mol. The van der Waals surface area contributed by atoms with Gasteiger partial charge >= 0.3 is 0 Å². The summed E-state index contributed by atoms with van der Waals surface area (Å²) in [6, 6.07) is 21.5. The minimum atomic E-state index is -3.72. The molecule has 0 N–H and O–H groups in total. The molecule has 4 nitrogen and oxygen atoms in total. The Balaban J connectivity index is 2.23. The third-order valence-electron chi connectivity index (χ3n) is 5.22. The predicted octanol–water partition coefficient (Wildman–Crippen LogP) is 3.85. The Morgan fingerprint density at radius 2 is 1.54 bits per heavy atom. The van der Waals surface area contributed by atoms with Gasteiger partial charge in [0.05, 0.1) is 22.3 Å². The van der Waals surface area contributed by atoms with E-state index in [1.54, 1.807) is 60.7 Å². The summed E-state index contributed by atoms with van der Waals surface area (Å²) in [4.78, 5) is 0.209. The molecule has 0 spiro atoms. The molecular formula is C21H18N2O2S. The van der Waals surface area contributed by atoms with E-state index in [2.05, 4.69) is 18.7 Å². The number of sulfone groups is 1. The second-order valence-electron chi connectivity index (χ2n) is 6.46. The lowest BCUT2D eigenvalue weighted by atomic mass is 9.72. The van der Waals surface area contributed by atoms with E-state index >= 15 is 0 Å². The number of hydrogen-bond donors (Lipinski definition) is 0. The zero-order valence-corrected chi connectivity index (χ0v) is 14.9. The van der Waals surface area contributed by atoms with Gasteiger partial charge in [0.1, 0.15) is 0 Å². The van der Waals surface area contributed by atoms with Crippen LogP contribution in [0.1, 0.15) is 17.9 Å². The van der Waals surface area contributed by atoms with Gasteiger partial charge < -0.3 is 0 Å². The van der Waals surface area contributed by atoms with Gasteiger partial charge in [-0.15, -0.1) is 6.58 Å². The first-order valence-electron chi connectivity index (χ1n) is 8.30. The molecule has 0 aromatic heterocycles. The molecule has 5 heteroatoms. The van der Waals surface area contributed by atoms with E-state index in [1.807, 2.05) is 6.07 Å².